The summed E-state index contributed by atoms with van der Waals surface area (Å²) in [7, 11) is 0. The Kier molecular flexibility index (Phi) is 5.41. The summed E-state index contributed by atoms with van der Waals surface area (Å²) in [5.74, 6) is 5.27. The molecule has 0 bridgehead atoms. The fraction of sp³-hybridized carbons (Fsp3) is 0.143. The van der Waals surface area contributed by atoms with E-state index in [2.05, 4.69) is 21.4 Å². The van der Waals surface area contributed by atoms with Gasteiger partial charge in [-0.1, -0.05) is 39.1 Å². The smallest absolute Gasteiger partial charge is 0.123 e. The van der Waals surface area contributed by atoms with E-state index in [9.17, 15) is 4.39 Å². The van der Waals surface area contributed by atoms with Gasteiger partial charge in [-0.3, -0.25) is 11.3 Å². The van der Waals surface area contributed by atoms with Crippen molar-refractivity contribution in [3.8, 4) is 0 Å². The maximum absolute atomic E-state index is 13.3. The lowest BCUT2D eigenvalue weighted by Gasteiger charge is -2.18. The number of hydrazine groups is 1. The van der Waals surface area contributed by atoms with Crippen molar-refractivity contribution in [1.29, 1.82) is 0 Å². The number of hydrogen-bond donors (Lipinski definition) is 2. The number of nitrogens with two attached hydrogens (primary N) is 1. The van der Waals surface area contributed by atoms with Crippen LogP contribution in [0.2, 0.25) is 10.0 Å². The maximum Gasteiger partial charge on any atom is 0.123 e. The standard InChI is InChI=1S/C14H12BrCl2FN2/c15-10-3-9(4-11(16)7-10)14(20-19)6-8-5-12(18)1-2-13(8)17/h1-5,7,14,20H,6,19H2. The highest BCUT2D eigenvalue weighted by molar-refractivity contribution is 9.10. The van der Waals surface area contributed by atoms with Crippen LogP contribution in [0.1, 0.15) is 17.2 Å². The van der Waals surface area contributed by atoms with Crippen LogP contribution in [-0.4, -0.2) is 0 Å². The summed E-state index contributed by atoms with van der Waals surface area (Å²) in [6.07, 6.45) is 0.458. The average Bonchev–Trinajstić information content (AvgIpc) is 2.38. The first-order valence-corrected chi connectivity index (χ1v) is 7.40. The molecule has 0 aliphatic rings. The number of nitrogens with one attached hydrogen (secondary N) is 1. The topological polar surface area (TPSA) is 38.0 Å². The predicted molar refractivity (Wildman–Crippen MR) is 84.3 cm³/mol. The maximum atomic E-state index is 13.3. The van der Waals surface area contributed by atoms with Gasteiger partial charge in [-0.05, 0) is 53.9 Å². The molecular weight excluding hydrogens is 366 g/mol. The van der Waals surface area contributed by atoms with E-state index < -0.39 is 0 Å². The van der Waals surface area contributed by atoms with Gasteiger partial charge in [-0.25, -0.2) is 4.39 Å². The number of hydrogen-bond acceptors (Lipinski definition) is 2. The van der Waals surface area contributed by atoms with Gasteiger partial charge in [0.05, 0.1) is 6.04 Å². The largest absolute Gasteiger partial charge is 0.271 e. The lowest BCUT2D eigenvalue weighted by Crippen LogP contribution is -2.29. The van der Waals surface area contributed by atoms with E-state index in [1.165, 1.54) is 18.2 Å². The van der Waals surface area contributed by atoms with Gasteiger partial charge in [0.1, 0.15) is 5.82 Å². The van der Waals surface area contributed by atoms with Crippen LogP contribution in [0.3, 0.4) is 0 Å². The third-order valence-corrected chi connectivity index (χ3v) is 3.97. The second-order valence-electron chi connectivity index (χ2n) is 4.36. The molecule has 1 unspecified atom stereocenters. The van der Waals surface area contributed by atoms with Crippen molar-refractivity contribution in [3.05, 3.63) is 67.9 Å². The molecule has 0 radical (unpaired) electrons. The second kappa shape index (κ2) is 6.87. The Hall–Kier alpha value is -0.650. The van der Waals surface area contributed by atoms with Gasteiger partial charge in [0.15, 0.2) is 0 Å². The van der Waals surface area contributed by atoms with Gasteiger partial charge < -0.3 is 0 Å². The van der Waals surface area contributed by atoms with Crippen LogP contribution in [0, 0.1) is 5.82 Å². The first-order valence-electron chi connectivity index (χ1n) is 5.85. The van der Waals surface area contributed by atoms with Crippen LogP contribution in [0.4, 0.5) is 4.39 Å². The monoisotopic (exact) mass is 376 g/mol. The molecule has 0 fully saturated rings. The highest BCUT2D eigenvalue weighted by Crippen LogP contribution is 2.28. The van der Waals surface area contributed by atoms with Crippen LogP contribution < -0.4 is 11.3 Å². The number of benzene rings is 2. The molecule has 0 spiro atoms. The SMILES string of the molecule is NNC(Cc1cc(F)ccc1Cl)c1cc(Cl)cc(Br)c1. The Bertz CT molecular complexity index is 602. The van der Waals surface area contributed by atoms with E-state index in [4.69, 9.17) is 29.0 Å². The highest BCUT2D eigenvalue weighted by Gasteiger charge is 2.14. The zero-order valence-electron chi connectivity index (χ0n) is 10.3. The molecule has 0 aromatic heterocycles. The van der Waals surface area contributed by atoms with Crippen molar-refractivity contribution >= 4 is 39.1 Å². The molecule has 0 aliphatic heterocycles. The molecule has 0 heterocycles. The van der Waals surface area contributed by atoms with Crippen molar-refractivity contribution in [2.24, 2.45) is 5.84 Å². The van der Waals surface area contributed by atoms with E-state index in [-0.39, 0.29) is 11.9 Å². The minimum atomic E-state index is -0.326. The Morgan fingerprint density at radius 3 is 2.60 bits per heavy atom. The van der Waals surface area contributed by atoms with E-state index in [1.807, 2.05) is 12.1 Å². The van der Waals surface area contributed by atoms with Gasteiger partial charge in [0.2, 0.25) is 0 Å². The second-order valence-corrected chi connectivity index (χ2v) is 6.12. The van der Waals surface area contributed by atoms with Gasteiger partial charge >= 0.3 is 0 Å². The normalized spacial score (nSPS) is 12.4. The van der Waals surface area contributed by atoms with E-state index >= 15 is 0 Å². The van der Waals surface area contributed by atoms with E-state index in [1.54, 1.807) is 6.07 Å². The van der Waals surface area contributed by atoms with Crippen molar-refractivity contribution in [3.63, 3.8) is 0 Å². The average molecular weight is 378 g/mol. The molecule has 1 atom stereocenters. The van der Waals surface area contributed by atoms with Crippen LogP contribution in [0.15, 0.2) is 40.9 Å². The Balaban J connectivity index is 2.30. The van der Waals surface area contributed by atoms with Crippen molar-refractivity contribution < 1.29 is 4.39 Å². The van der Waals surface area contributed by atoms with Gasteiger partial charge in [0, 0.05) is 14.5 Å². The van der Waals surface area contributed by atoms with Crippen LogP contribution >= 0.6 is 39.1 Å². The van der Waals surface area contributed by atoms with E-state index in [0.29, 0.717) is 22.0 Å². The molecule has 0 saturated carbocycles. The molecule has 2 aromatic carbocycles. The molecule has 20 heavy (non-hydrogen) atoms. The zero-order chi connectivity index (χ0) is 14.7. The summed E-state index contributed by atoms with van der Waals surface area (Å²) in [6, 6.07) is 9.55. The Morgan fingerprint density at radius 2 is 1.95 bits per heavy atom. The first kappa shape index (κ1) is 15.7. The van der Waals surface area contributed by atoms with Crippen molar-refractivity contribution in [2.45, 2.75) is 12.5 Å². The quantitative estimate of drug-likeness (QED) is 0.601. The summed E-state index contributed by atoms with van der Waals surface area (Å²) < 4.78 is 14.1. The zero-order valence-corrected chi connectivity index (χ0v) is 13.4. The van der Waals surface area contributed by atoms with Crippen LogP contribution in [0.5, 0.6) is 0 Å². The molecule has 0 amide bonds. The molecule has 106 valence electrons. The number of halogens is 4. The summed E-state index contributed by atoms with van der Waals surface area (Å²) in [6.45, 7) is 0. The van der Waals surface area contributed by atoms with Crippen molar-refractivity contribution in [1.82, 2.24) is 5.43 Å². The van der Waals surface area contributed by atoms with Gasteiger partial charge in [-0.15, -0.1) is 0 Å². The fourth-order valence-electron chi connectivity index (χ4n) is 1.97. The van der Waals surface area contributed by atoms with Crippen LogP contribution in [-0.2, 0) is 6.42 Å². The molecule has 3 N–H and O–H groups in total. The number of rotatable bonds is 4. The molecule has 2 aromatic rings. The van der Waals surface area contributed by atoms with E-state index in [0.717, 1.165) is 10.0 Å². The van der Waals surface area contributed by atoms with Crippen LogP contribution in [0.25, 0.3) is 0 Å². The third kappa shape index (κ3) is 3.93. The molecular formula is C14H12BrCl2FN2. The molecule has 2 nitrogen and oxygen atoms in total. The molecule has 2 rings (SSSR count). The fourth-order valence-corrected chi connectivity index (χ4v) is 3.05. The summed E-state index contributed by atoms with van der Waals surface area (Å²) in [4.78, 5) is 0. The summed E-state index contributed by atoms with van der Waals surface area (Å²) >= 11 is 15.5. The minimum Gasteiger partial charge on any atom is -0.271 e. The summed E-state index contributed by atoms with van der Waals surface area (Å²) in [5.41, 5.74) is 4.29. The molecule has 0 saturated heterocycles. The summed E-state index contributed by atoms with van der Waals surface area (Å²) in [5, 5.41) is 1.10. The molecule has 0 aliphatic carbocycles. The highest BCUT2D eigenvalue weighted by atomic mass is 79.9. The van der Waals surface area contributed by atoms with Gasteiger partial charge in [-0.2, -0.15) is 0 Å². The third-order valence-electron chi connectivity index (χ3n) is 2.92. The van der Waals surface area contributed by atoms with Gasteiger partial charge in [0.25, 0.3) is 0 Å². The first-order chi connectivity index (χ1) is 9.49. The molecule has 6 heteroatoms. The Labute approximate surface area is 135 Å². The van der Waals surface area contributed by atoms with Crippen molar-refractivity contribution in [2.75, 3.05) is 0 Å². The lowest BCUT2D eigenvalue weighted by molar-refractivity contribution is 0.548. The predicted octanol–water partition coefficient (Wildman–Crippen LogP) is 4.64. The Morgan fingerprint density at radius 1 is 1.20 bits per heavy atom. The minimum absolute atomic E-state index is 0.218. The lowest BCUT2D eigenvalue weighted by atomic mass is 9.99.